The highest BCUT2D eigenvalue weighted by molar-refractivity contribution is 5.38. The molecule has 0 spiro atoms. The van der Waals surface area contributed by atoms with Crippen LogP contribution in [0.3, 0.4) is 0 Å². The Balaban J connectivity index is 2.04. The first kappa shape index (κ1) is 13.4. The lowest BCUT2D eigenvalue weighted by molar-refractivity contribution is 0.340. The van der Waals surface area contributed by atoms with E-state index in [9.17, 15) is 0 Å². The van der Waals surface area contributed by atoms with Crippen molar-refractivity contribution in [3.8, 4) is 5.75 Å². The second-order valence-electron chi connectivity index (χ2n) is 5.57. The highest BCUT2D eigenvalue weighted by atomic mass is 16.5. The molecule has 0 bridgehead atoms. The summed E-state index contributed by atoms with van der Waals surface area (Å²) < 4.78 is 5.45. The molecule has 3 heteroatoms. The van der Waals surface area contributed by atoms with Gasteiger partial charge in [-0.3, -0.25) is 0 Å². The van der Waals surface area contributed by atoms with E-state index in [0.717, 1.165) is 31.3 Å². The number of para-hydroxylation sites is 1. The molecule has 1 fully saturated rings. The third-order valence-electron chi connectivity index (χ3n) is 3.78. The minimum atomic E-state index is -0.0603. The lowest BCUT2D eigenvalue weighted by atomic mass is 9.92. The fraction of sp³-hybridized carbons (Fsp3) is 0.600. The molecule has 1 heterocycles. The molecule has 1 aliphatic rings. The molecule has 18 heavy (non-hydrogen) atoms. The number of ether oxygens (including phenoxy) is 1. The average molecular weight is 248 g/mol. The Morgan fingerprint density at radius 3 is 2.83 bits per heavy atom. The van der Waals surface area contributed by atoms with Gasteiger partial charge in [0.1, 0.15) is 5.75 Å². The summed E-state index contributed by atoms with van der Waals surface area (Å²) in [6.07, 6.45) is 1.27. The first-order chi connectivity index (χ1) is 8.63. The van der Waals surface area contributed by atoms with Crippen LogP contribution in [0.15, 0.2) is 24.3 Å². The Bertz CT molecular complexity index is 384. The molecular weight excluding hydrogens is 224 g/mol. The number of methoxy groups -OCH3 is 1. The van der Waals surface area contributed by atoms with Gasteiger partial charge in [0.25, 0.3) is 0 Å². The zero-order valence-electron chi connectivity index (χ0n) is 11.6. The van der Waals surface area contributed by atoms with E-state index in [4.69, 9.17) is 4.74 Å². The van der Waals surface area contributed by atoms with Crippen LogP contribution in [-0.4, -0.2) is 26.7 Å². The van der Waals surface area contributed by atoms with Gasteiger partial charge >= 0.3 is 0 Å². The molecule has 1 atom stereocenters. The van der Waals surface area contributed by atoms with Crippen LogP contribution in [0.2, 0.25) is 0 Å². The van der Waals surface area contributed by atoms with Crippen LogP contribution in [0.25, 0.3) is 0 Å². The highest BCUT2D eigenvalue weighted by Crippen LogP contribution is 2.29. The van der Waals surface area contributed by atoms with Crippen LogP contribution in [0, 0.1) is 5.92 Å². The van der Waals surface area contributed by atoms with E-state index >= 15 is 0 Å². The third kappa shape index (κ3) is 3.03. The number of hydrogen-bond acceptors (Lipinski definition) is 3. The molecule has 1 aliphatic heterocycles. The summed E-state index contributed by atoms with van der Waals surface area (Å²) in [7, 11) is 1.73. The maximum atomic E-state index is 5.45. The largest absolute Gasteiger partial charge is 0.496 e. The summed E-state index contributed by atoms with van der Waals surface area (Å²) in [6.45, 7) is 7.77. The van der Waals surface area contributed by atoms with Gasteiger partial charge in [-0.15, -0.1) is 0 Å². The van der Waals surface area contributed by atoms with Crippen molar-refractivity contribution in [3.63, 3.8) is 0 Å². The van der Waals surface area contributed by atoms with Gasteiger partial charge in [-0.2, -0.15) is 0 Å². The maximum absolute atomic E-state index is 5.45. The van der Waals surface area contributed by atoms with Crippen molar-refractivity contribution in [1.29, 1.82) is 0 Å². The molecule has 1 saturated heterocycles. The van der Waals surface area contributed by atoms with Gasteiger partial charge in [0.05, 0.1) is 7.11 Å². The number of hydrogen-bond donors (Lipinski definition) is 2. The fourth-order valence-electron chi connectivity index (χ4n) is 2.54. The molecule has 1 aromatic carbocycles. The first-order valence-electron chi connectivity index (χ1n) is 6.73. The van der Waals surface area contributed by atoms with Crippen molar-refractivity contribution in [3.05, 3.63) is 29.8 Å². The van der Waals surface area contributed by atoms with Crippen LogP contribution in [0.5, 0.6) is 5.75 Å². The highest BCUT2D eigenvalue weighted by Gasteiger charge is 2.25. The smallest absolute Gasteiger partial charge is 0.123 e. The lowest BCUT2D eigenvalue weighted by Gasteiger charge is -2.30. The molecule has 0 saturated carbocycles. The van der Waals surface area contributed by atoms with Gasteiger partial charge in [0, 0.05) is 17.6 Å². The van der Waals surface area contributed by atoms with E-state index in [-0.39, 0.29) is 5.54 Å². The molecule has 0 aromatic heterocycles. The maximum Gasteiger partial charge on any atom is 0.123 e. The summed E-state index contributed by atoms with van der Waals surface area (Å²) in [4.78, 5) is 0. The molecular formula is C15H24N2O. The number of benzene rings is 1. The molecule has 100 valence electrons. The van der Waals surface area contributed by atoms with Crippen LogP contribution in [-0.2, 0) is 5.54 Å². The Morgan fingerprint density at radius 2 is 2.17 bits per heavy atom. The van der Waals surface area contributed by atoms with Gasteiger partial charge in [-0.05, 0) is 45.3 Å². The van der Waals surface area contributed by atoms with E-state index in [1.54, 1.807) is 7.11 Å². The molecule has 1 unspecified atom stereocenters. The first-order valence-corrected chi connectivity index (χ1v) is 6.73. The van der Waals surface area contributed by atoms with E-state index in [2.05, 4.69) is 36.6 Å². The Kier molecular flexibility index (Phi) is 4.25. The summed E-state index contributed by atoms with van der Waals surface area (Å²) in [5, 5.41) is 7.08. The number of rotatable bonds is 5. The van der Waals surface area contributed by atoms with Crippen molar-refractivity contribution in [2.24, 2.45) is 5.92 Å². The van der Waals surface area contributed by atoms with Crippen molar-refractivity contribution < 1.29 is 4.74 Å². The van der Waals surface area contributed by atoms with Crippen LogP contribution in [0.4, 0.5) is 0 Å². The van der Waals surface area contributed by atoms with Crippen LogP contribution >= 0.6 is 0 Å². The minimum Gasteiger partial charge on any atom is -0.496 e. The van der Waals surface area contributed by atoms with Gasteiger partial charge < -0.3 is 15.4 Å². The van der Waals surface area contributed by atoms with Gasteiger partial charge in [-0.1, -0.05) is 18.2 Å². The Morgan fingerprint density at radius 1 is 1.39 bits per heavy atom. The van der Waals surface area contributed by atoms with Crippen molar-refractivity contribution >= 4 is 0 Å². The molecule has 3 nitrogen and oxygen atoms in total. The topological polar surface area (TPSA) is 33.3 Å². The van der Waals surface area contributed by atoms with Crippen LogP contribution in [0.1, 0.15) is 25.8 Å². The van der Waals surface area contributed by atoms with Crippen molar-refractivity contribution in [2.75, 3.05) is 26.7 Å². The van der Waals surface area contributed by atoms with Crippen LogP contribution < -0.4 is 15.4 Å². The fourth-order valence-corrected chi connectivity index (χ4v) is 2.54. The predicted molar refractivity (Wildman–Crippen MR) is 75.0 cm³/mol. The minimum absolute atomic E-state index is 0.0603. The second-order valence-corrected chi connectivity index (χ2v) is 5.57. The van der Waals surface area contributed by atoms with E-state index < -0.39 is 0 Å². The normalized spacial score (nSPS) is 20.1. The summed E-state index contributed by atoms with van der Waals surface area (Å²) in [6, 6.07) is 8.24. The summed E-state index contributed by atoms with van der Waals surface area (Å²) >= 11 is 0. The molecule has 2 N–H and O–H groups in total. The Labute approximate surface area is 110 Å². The van der Waals surface area contributed by atoms with Crippen molar-refractivity contribution in [1.82, 2.24) is 10.6 Å². The second kappa shape index (κ2) is 5.72. The van der Waals surface area contributed by atoms with E-state index in [0.29, 0.717) is 0 Å². The quantitative estimate of drug-likeness (QED) is 0.837. The molecule has 0 radical (unpaired) electrons. The third-order valence-corrected chi connectivity index (χ3v) is 3.78. The number of nitrogens with one attached hydrogen (secondary N) is 2. The Hall–Kier alpha value is -1.06. The van der Waals surface area contributed by atoms with Crippen molar-refractivity contribution in [2.45, 2.75) is 25.8 Å². The zero-order valence-corrected chi connectivity index (χ0v) is 11.6. The van der Waals surface area contributed by atoms with Gasteiger partial charge in [-0.25, -0.2) is 0 Å². The molecule has 0 aliphatic carbocycles. The monoisotopic (exact) mass is 248 g/mol. The van der Waals surface area contributed by atoms with Gasteiger partial charge in [0.2, 0.25) is 0 Å². The lowest BCUT2D eigenvalue weighted by Crippen LogP contribution is -2.40. The SMILES string of the molecule is COc1ccccc1C(C)(C)NCC1CCNC1. The molecule has 2 rings (SSSR count). The molecule has 1 aromatic rings. The van der Waals surface area contributed by atoms with E-state index in [1.807, 2.05) is 12.1 Å². The van der Waals surface area contributed by atoms with E-state index in [1.165, 1.54) is 12.0 Å². The predicted octanol–water partition coefficient (Wildman–Crippen LogP) is 2.13. The molecule has 0 amide bonds. The standard InChI is InChI=1S/C15H24N2O/c1-15(2,17-11-12-8-9-16-10-12)13-6-4-5-7-14(13)18-3/h4-7,12,16-17H,8-11H2,1-3H3. The summed E-state index contributed by atoms with van der Waals surface area (Å²) in [5.41, 5.74) is 1.16. The summed E-state index contributed by atoms with van der Waals surface area (Å²) in [5.74, 6) is 1.71. The zero-order chi connectivity index (χ0) is 13.0. The average Bonchev–Trinajstić information content (AvgIpc) is 2.89. The van der Waals surface area contributed by atoms with Gasteiger partial charge in [0.15, 0.2) is 0 Å².